The third-order valence-electron chi connectivity index (χ3n) is 4.05. The Balaban J connectivity index is 1.58. The monoisotopic (exact) mass is 426 g/mol. The van der Waals surface area contributed by atoms with E-state index in [1.165, 1.54) is 11.3 Å². The zero-order chi connectivity index (χ0) is 19.5. The summed E-state index contributed by atoms with van der Waals surface area (Å²) in [6.07, 6.45) is 3.57. The van der Waals surface area contributed by atoms with Crippen LogP contribution < -0.4 is 0 Å². The maximum Gasteiger partial charge on any atom is 0.194 e. The van der Waals surface area contributed by atoms with E-state index in [-0.39, 0.29) is 6.61 Å². The molecule has 5 nitrogen and oxygen atoms in total. The highest BCUT2D eigenvalue weighted by Gasteiger charge is 2.13. The van der Waals surface area contributed by atoms with Crippen molar-refractivity contribution in [3.05, 3.63) is 80.9 Å². The Hall–Kier alpha value is -2.85. The van der Waals surface area contributed by atoms with Crippen LogP contribution in [0.3, 0.4) is 0 Å². The molecule has 8 heteroatoms. The molecule has 4 aromatic rings. The van der Waals surface area contributed by atoms with Crippen LogP contribution in [-0.4, -0.2) is 15.6 Å². The molecule has 0 bridgehead atoms. The zero-order valence-electron chi connectivity index (χ0n) is 14.3. The minimum Gasteiger partial charge on any atom is -0.391 e. The molecule has 0 spiro atoms. The maximum absolute atomic E-state index is 8.98. The first-order valence-electron chi connectivity index (χ1n) is 8.21. The lowest BCUT2D eigenvalue weighted by atomic mass is 10.1. The van der Waals surface area contributed by atoms with Crippen molar-refractivity contribution < 1.29 is 4.84 Å². The van der Waals surface area contributed by atoms with Crippen molar-refractivity contribution in [3.8, 4) is 17.3 Å². The summed E-state index contributed by atoms with van der Waals surface area (Å²) >= 11 is 13.5. The van der Waals surface area contributed by atoms with E-state index in [0.29, 0.717) is 15.6 Å². The lowest BCUT2D eigenvalue weighted by Crippen LogP contribution is -1.93. The predicted molar refractivity (Wildman–Crippen MR) is 112 cm³/mol. The van der Waals surface area contributed by atoms with Crippen molar-refractivity contribution in [1.82, 2.24) is 9.38 Å². The summed E-state index contributed by atoms with van der Waals surface area (Å²) in [6, 6.07) is 14.7. The predicted octanol–water partition coefficient (Wildman–Crippen LogP) is 5.79. The van der Waals surface area contributed by atoms with Gasteiger partial charge in [0.2, 0.25) is 0 Å². The number of fused-ring (bicyclic) bond motifs is 1. The van der Waals surface area contributed by atoms with Gasteiger partial charge in [-0.2, -0.15) is 5.26 Å². The molecule has 2 aromatic heterocycles. The number of nitrogens with zero attached hydrogens (tertiary/aromatic N) is 4. The fraction of sp³-hybridized carbons (Fsp3) is 0.0500. The average Bonchev–Trinajstić information content (AvgIpc) is 3.30. The van der Waals surface area contributed by atoms with Crippen molar-refractivity contribution in [2.24, 2.45) is 5.16 Å². The SMILES string of the molecule is N#Cc1ccc(-c2nc3sccn3c2/C=N/OCc2ccc(Cl)c(Cl)c2)cc1. The normalized spacial score (nSPS) is 11.2. The Labute approximate surface area is 175 Å². The highest BCUT2D eigenvalue weighted by Crippen LogP contribution is 2.26. The van der Waals surface area contributed by atoms with Gasteiger partial charge < -0.3 is 4.84 Å². The molecule has 28 heavy (non-hydrogen) atoms. The maximum atomic E-state index is 8.98. The Morgan fingerprint density at radius 2 is 2.00 bits per heavy atom. The van der Waals surface area contributed by atoms with Gasteiger partial charge >= 0.3 is 0 Å². The molecule has 0 N–H and O–H groups in total. The standard InChI is InChI=1S/C20H12Cl2N4OS/c21-16-6-3-14(9-17(16)22)12-27-24-11-18-19(25-20-26(18)7-8-28-20)15-4-1-13(10-23)2-5-15/h1-9,11H,12H2/b24-11+. The molecule has 2 aromatic carbocycles. The lowest BCUT2D eigenvalue weighted by Gasteiger charge is -2.03. The summed E-state index contributed by atoms with van der Waals surface area (Å²) in [6.45, 7) is 0.269. The molecule has 4 rings (SSSR count). The minimum absolute atomic E-state index is 0.269. The van der Waals surface area contributed by atoms with E-state index >= 15 is 0 Å². The topological polar surface area (TPSA) is 62.7 Å². The molecule has 0 amide bonds. The van der Waals surface area contributed by atoms with Crippen LogP contribution in [0.1, 0.15) is 16.8 Å². The van der Waals surface area contributed by atoms with Crippen LogP contribution in [0.15, 0.2) is 59.2 Å². The van der Waals surface area contributed by atoms with Gasteiger partial charge in [0.05, 0.1) is 39.3 Å². The number of hydrogen-bond acceptors (Lipinski definition) is 5. The van der Waals surface area contributed by atoms with Crippen LogP contribution in [0, 0.1) is 11.3 Å². The summed E-state index contributed by atoms with van der Waals surface area (Å²) in [7, 11) is 0. The van der Waals surface area contributed by atoms with Crippen LogP contribution in [0.25, 0.3) is 16.2 Å². The molecule has 0 saturated heterocycles. The number of thiazole rings is 1. The van der Waals surface area contributed by atoms with E-state index in [2.05, 4.69) is 16.2 Å². The first kappa shape index (κ1) is 18.5. The minimum atomic E-state index is 0.269. The first-order valence-corrected chi connectivity index (χ1v) is 9.84. The van der Waals surface area contributed by atoms with Gasteiger partial charge in [-0.1, -0.05) is 46.6 Å². The Morgan fingerprint density at radius 3 is 2.75 bits per heavy atom. The summed E-state index contributed by atoms with van der Waals surface area (Å²) in [5, 5.41) is 16.0. The summed E-state index contributed by atoms with van der Waals surface area (Å²) in [5.41, 5.74) is 3.95. The van der Waals surface area contributed by atoms with Crippen molar-refractivity contribution in [2.75, 3.05) is 0 Å². The van der Waals surface area contributed by atoms with Crippen molar-refractivity contribution in [3.63, 3.8) is 0 Å². The van der Waals surface area contributed by atoms with Gasteiger partial charge in [-0.3, -0.25) is 4.40 Å². The van der Waals surface area contributed by atoms with Crippen molar-refractivity contribution >= 4 is 45.7 Å². The molecule has 0 aliphatic rings. The van der Waals surface area contributed by atoms with Gasteiger partial charge in [-0.05, 0) is 29.8 Å². The van der Waals surface area contributed by atoms with E-state index in [0.717, 1.165) is 27.5 Å². The Kier molecular flexibility index (Phi) is 5.31. The summed E-state index contributed by atoms with van der Waals surface area (Å²) in [5.74, 6) is 0. The van der Waals surface area contributed by atoms with Gasteiger partial charge in [0, 0.05) is 17.1 Å². The molecule has 2 heterocycles. The van der Waals surface area contributed by atoms with Gasteiger partial charge in [0.1, 0.15) is 6.61 Å². The molecule has 0 fully saturated rings. The van der Waals surface area contributed by atoms with Gasteiger partial charge in [0.25, 0.3) is 0 Å². The van der Waals surface area contributed by atoms with Crippen LogP contribution in [0.5, 0.6) is 0 Å². The molecule has 138 valence electrons. The van der Waals surface area contributed by atoms with Gasteiger partial charge in [-0.15, -0.1) is 11.3 Å². The van der Waals surface area contributed by atoms with E-state index < -0.39 is 0 Å². The van der Waals surface area contributed by atoms with Crippen LogP contribution in [-0.2, 0) is 11.4 Å². The second-order valence-electron chi connectivity index (χ2n) is 5.85. The number of benzene rings is 2. The second-order valence-corrected chi connectivity index (χ2v) is 7.53. The number of rotatable bonds is 5. The number of oxime groups is 1. The van der Waals surface area contributed by atoms with Crippen LogP contribution >= 0.6 is 34.5 Å². The number of aromatic nitrogens is 2. The number of hydrogen-bond donors (Lipinski definition) is 0. The Morgan fingerprint density at radius 1 is 1.18 bits per heavy atom. The molecular formula is C20H12Cl2N4OS. The number of nitriles is 1. The summed E-state index contributed by atoms with van der Waals surface area (Å²) in [4.78, 5) is 11.0. The quantitative estimate of drug-likeness (QED) is 0.299. The third kappa shape index (κ3) is 3.73. The van der Waals surface area contributed by atoms with Crippen molar-refractivity contribution in [2.45, 2.75) is 6.61 Å². The molecular weight excluding hydrogens is 415 g/mol. The molecule has 0 atom stereocenters. The third-order valence-corrected chi connectivity index (χ3v) is 5.55. The van der Waals surface area contributed by atoms with Crippen molar-refractivity contribution in [1.29, 1.82) is 5.26 Å². The zero-order valence-corrected chi connectivity index (χ0v) is 16.7. The summed E-state index contributed by atoms with van der Waals surface area (Å²) < 4.78 is 1.95. The number of halogens is 2. The Bertz CT molecular complexity index is 1210. The molecule has 0 radical (unpaired) electrons. The van der Waals surface area contributed by atoms with Gasteiger partial charge in [0.15, 0.2) is 4.96 Å². The van der Waals surface area contributed by atoms with E-state index in [4.69, 9.17) is 33.3 Å². The molecule has 0 aliphatic carbocycles. The number of imidazole rings is 1. The molecule has 0 unspecified atom stereocenters. The molecule has 0 saturated carbocycles. The van der Waals surface area contributed by atoms with Crippen LogP contribution in [0.2, 0.25) is 10.0 Å². The largest absolute Gasteiger partial charge is 0.391 e. The lowest BCUT2D eigenvalue weighted by molar-refractivity contribution is 0.132. The highest BCUT2D eigenvalue weighted by atomic mass is 35.5. The highest BCUT2D eigenvalue weighted by molar-refractivity contribution is 7.15. The van der Waals surface area contributed by atoms with E-state index in [9.17, 15) is 0 Å². The fourth-order valence-corrected chi connectivity index (χ4v) is 3.71. The van der Waals surface area contributed by atoms with Crippen LogP contribution in [0.4, 0.5) is 0 Å². The average molecular weight is 427 g/mol. The van der Waals surface area contributed by atoms with Gasteiger partial charge in [-0.25, -0.2) is 4.98 Å². The first-order chi connectivity index (χ1) is 13.7. The second kappa shape index (κ2) is 8.03. The fourth-order valence-electron chi connectivity index (χ4n) is 2.67. The van der Waals surface area contributed by atoms with E-state index in [1.54, 1.807) is 30.5 Å². The molecule has 0 aliphatic heterocycles. The smallest absolute Gasteiger partial charge is 0.194 e. The van der Waals surface area contributed by atoms with E-state index in [1.807, 2.05) is 34.2 Å².